The number of methoxy groups -OCH3 is 2. The van der Waals surface area contributed by atoms with Crippen LogP contribution < -0.4 is 9.47 Å². The maximum atomic E-state index is 12.8. The zero-order chi connectivity index (χ0) is 18.7. The van der Waals surface area contributed by atoms with Crippen molar-refractivity contribution in [1.29, 1.82) is 0 Å². The van der Waals surface area contributed by atoms with Crippen LogP contribution in [-0.2, 0) is 4.79 Å². The van der Waals surface area contributed by atoms with E-state index in [0.29, 0.717) is 23.6 Å². The Hall–Kier alpha value is -2.82. The van der Waals surface area contributed by atoms with Crippen LogP contribution in [-0.4, -0.2) is 37.4 Å². The highest BCUT2D eigenvalue weighted by Gasteiger charge is 2.35. The van der Waals surface area contributed by atoms with E-state index in [1.165, 1.54) is 0 Å². The van der Waals surface area contributed by atoms with Crippen LogP contribution in [0.3, 0.4) is 0 Å². The van der Waals surface area contributed by atoms with Crippen molar-refractivity contribution in [2.24, 2.45) is 0 Å². The zero-order valence-electron chi connectivity index (χ0n) is 15.3. The minimum absolute atomic E-state index is 0.169. The molecule has 5 heteroatoms. The summed E-state index contributed by atoms with van der Waals surface area (Å²) in [5.74, 6) is 0.424. The Morgan fingerprint density at radius 1 is 1.04 bits per heavy atom. The molecule has 3 rings (SSSR count). The standard InChI is InChI=1S/C21H23NO4/c1-14-6-8-15(9-7-14)20(23)21(24)22-12-4-5-18(22)17-11-10-16(25-2)13-19(17)26-3/h6-11,13,18H,4-5,12H2,1-3H3/t18-/m1/s1. The van der Waals surface area contributed by atoms with Gasteiger partial charge in [0, 0.05) is 23.7 Å². The van der Waals surface area contributed by atoms with E-state index in [4.69, 9.17) is 9.47 Å². The number of ketones is 1. The van der Waals surface area contributed by atoms with Crippen LogP contribution in [0.1, 0.15) is 40.4 Å². The van der Waals surface area contributed by atoms with Gasteiger partial charge in [-0.2, -0.15) is 0 Å². The fourth-order valence-corrected chi connectivity index (χ4v) is 3.39. The summed E-state index contributed by atoms with van der Waals surface area (Å²) in [6.07, 6.45) is 1.66. The topological polar surface area (TPSA) is 55.8 Å². The lowest BCUT2D eigenvalue weighted by Crippen LogP contribution is -2.36. The van der Waals surface area contributed by atoms with Gasteiger partial charge >= 0.3 is 0 Å². The molecule has 1 saturated heterocycles. The van der Waals surface area contributed by atoms with Gasteiger partial charge in [0.25, 0.3) is 5.91 Å². The Labute approximate surface area is 153 Å². The number of hydrogen-bond acceptors (Lipinski definition) is 4. The largest absolute Gasteiger partial charge is 0.497 e. The minimum atomic E-state index is -0.468. The summed E-state index contributed by atoms with van der Waals surface area (Å²) in [4.78, 5) is 27.1. The van der Waals surface area contributed by atoms with Crippen molar-refractivity contribution in [3.8, 4) is 11.5 Å². The lowest BCUT2D eigenvalue weighted by atomic mass is 10.0. The Balaban J connectivity index is 1.87. The highest BCUT2D eigenvalue weighted by Crippen LogP contribution is 2.38. The molecule has 26 heavy (non-hydrogen) atoms. The van der Waals surface area contributed by atoms with Crippen molar-refractivity contribution in [3.05, 3.63) is 59.2 Å². The fraction of sp³-hybridized carbons (Fsp3) is 0.333. The highest BCUT2D eigenvalue weighted by atomic mass is 16.5. The number of nitrogens with zero attached hydrogens (tertiary/aromatic N) is 1. The van der Waals surface area contributed by atoms with Gasteiger partial charge in [0.05, 0.1) is 20.3 Å². The summed E-state index contributed by atoms with van der Waals surface area (Å²) >= 11 is 0. The predicted octanol–water partition coefficient (Wildman–Crippen LogP) is 3.56. The van der Waals surface area contributed by atoms with Gasteiger partial charge in [-0.05, 0) is 31.9 Å². The van der Waals surface area contributed by atoms with E-state index < -0.39 is 11.7 Å². The van der Waals surface area contributed by atoms with Crippen LogP contribution in [0.5, 0.6) is 11.5 Å². The number of carbonyl (C=O) groups is 2. The maximum Gasteiger partial charge on any atom is 0.295 e. The molecule has 1 aliphatic heterocycles. The predicted molar refractivity (Wildman–Crippen MR) is 98.7 cm³/mol. The molecule has 1 amide bonds. The number of Topliss-reactive ketones (excluding diaryl/α,β-unsaturated/α-hetero) is 1. The van der Waals surface area contributed by atoms with Crippen LogP contribution >= 0.6 is 0 Å². The molecule has 0 radical (unpaired) electrons. The molecule has 5 nitrogen and oxygen atoms in total. The number of carbonyl (C=O) groups excluding carboxylic acids is 2. The van der Waals surface area contributed by atoms with Crippen molar-refractivity contribution in [1.82, 2.24) is 4.90 Å². The van der Waals surface area contributed by atoms with Crippen molar-refractivity contribution >= 4 is 11.7 Å². The van der Waals surface area contributed by atoms with Gasteiger partial charge in [-0.3, -0.25) is 9.59 Å². The summed E-state index contributed by atoms with van der Waals surface area (Å²) in [7, 11) is 3.19. The van der Waals surface area contributed by atoms with Crippen LogP contribution in [0.4, 0.5) is 0 Å². The molecule has 0 aliphatic carbocycles. The van der Waals surface area contributed by atoms with Gasteiger partial charge < -0.3 is 14.4 Å². The van der Waals surface area contributed by atoms with E-state index in [-0.39, 0.29) is 6.04 Å². The van der Waals surface area contributed by atoms with Crippen molar-refractivity contribution < 1.29 is 19.1 Å². The van der Waals surface area contributed by atoms with Gasteiger partial charge in [0.1, 0.15) is 11.5 Å². The quantitative estimate of drug-likeness (QED) is 0.609. The fourth-order valence-electron chi connectivity index (χ4n) is 3.39. The van der Waals surface area contributed by atoms with Crippen molar-refractivity contribution in [2.75, 3.05) is 20.8 Å². The van der Waals surface area contributed by atoms with Crippen molar-refractivity contribution in [3.63, 3.8) is 0 Å². The molecule has 0 spiro atoms. The first-order valence-electron chi connectivity index (χ1n) is 8.69. The molecule has 0 N–H and O–H groups in total. The zero-order valence-corrected chi connectivity index (χ0v) is 15.3. The van der Waals surface area contributed by atoms with E-state index in [1.54, 1.807) is 37.3 Å². The van der Waals surface area contributed by atoms with Gasteiger partial charge in [-0.25, -0.2) is 0 Å². The average Bonchev–Trinajstić information content (AvgIpc) is 3.16. The van der Waals surface area contributed by atoms with Gasteiger partial charge in [-0.15, -0.1) is 0 Å². The number of aryl methyl sites for hydroxylation is 1. The first-order valence-corrected chi connectivity index (χ1v) is 8.69. The van der Waals surface area contributed by atoms with Gasteiger partial charge in [0.2, 0.25) is 5.78 Å². The molecule has 0 bridgehead atoms. The Morgan fingerprint density at radius 2 is 1.77 bits per heavy atom. The summed E-state index contributed by atoms with van der Waals surface area (Å²) in [6, 6.07) is 12.5. The van der Waals surface area contributed by atoms with E-state index in [9.17, 15) is 9.59 Å². The molecule has 0 aromatic heterocycles. The first kappa shape index (κ1) is 18.0. The van der Waals surface area contributed by atoms with Gasteiger partial charge in [0.15, 0.2) is 0 Å². The molecule has 1 heterocycles. The van der Waals surface area contributed by atoms with E-state index in [2.05, 4.69) is 0 Å². The number of amides is 1. The molecule has 0 saturated carbocycles. The molecule has 1 fully saturated rings. The third-order valence-electron chi connectivity index (χ3n) is 4.82. The Kier molecular flexibility index (Phi) is 5.26. The summed E-state index contributed by atoms with van der Waals surface area (Å²) in [5, 5.41) is 0. The molecule has 2 aromatic rings. The molecular weight excluding hydrogens is 330 g/mol. The van der Waals surface area contributed by atoms with E-state index >= 15 is 0 Å². The molecule has 1 atom stereocenters. The molecule has 136 valence electrons. The smallest absolute Gasteiger partial charge is 0.295 e. The third-order valence-corrected chi connectivity index (χ3v) is 4.82. The maximum absolute atomic E-state index is 12.8. The third kappa shape index (κ3) is 3.43. The second-order valence-corrected chi connectivity index (χ2v) is 6.46. The number of hydrogen-bond donors (Lipinski definition) is 0. The molecule has 2 aromatic carbocycles. The van der Waals surface area contributed by atoms with E-state index in [0.717, 1.165) is 24.0 Å². The average molecular weight is 353 g/mol. The molecule has 0 unspecified atom stereocenters. The van der Waals surface area contributed by atoms with E-state index in [1.807, 2.05) is 31.2 Å². The number of ether oxygens (including phenoxy) is 2. The Bertz CT molecular complexity index is 813. The second kappa shape index (κ2) is 7.60. The second-order valence-electron chi connectivity index (χ2n) is 6.46. The number of likely N-dealkylation sites (tertiary alicyclic amines) is 1. The molecular formula is C21H23NO4. The number of rotatable bonds is 5. The Morgan fingerprint density at radius 3 is 2.42 bits per heavy atom. The van der Waals surface area contributed by atoms with Crippen molar-refractivity contribution in [2.45, 2.75) is 25.8 Å². The van der Waals surface area contributed by atoms with Crippen LogP contribution in [0.15, 0.2) is 42.5 Å². The number of benzene rings is 2. The first-order chi connectivity index (χ1) is 12.5. The summed E-state index contributed by atoms with van der Waals surface area (Å²) < 4.78 is 10.7. The lowest BCUT2D eigenvalue weighted by molar-refractivity contribution is -0.127. The van der Waals surface area contributed by atoms with Crippen LogP contribution in [0, 0.1) is 6.92 Å². The van der Waals surface area contributed by atoms with Gasteiger partial charge in [-0.1, -0.05) is 29.8 Å². The normalized spacial score (nSPS) is 16.4. The minimum Gasteiger partial charge on any atom is -0.497 e. The lowest BCUT2D eigenvalue weighted by Gasteiger charge is -2.26. The monoisotopic (exact) mass is 353 g/mol. The molecule has 1 aliphatic rings. The summed E-state index contributed by atoms with van der Waals surface area (Å²) in [6.45, 7) is 2.51. The van der Waals surface area contributed by atoms with Crippen LogP contribution in [0.25, 0.3) is 0 Å². The highest BCUT2D eigenvalue weighted by molar-refractivity contribution is 6.42. The SMILES string of the molecule is COc1ccc([C@H]2CCCN2C(=O)C(=O)c2ccc(C)cc2)c(OC)c1. The van der Waals surface area contributed by atoms with Crippen LogP contribution in [0.2, 0.25) is 0 Å². The summed E-state index contributed by atoms with van der Waals surface area (Å²) in [5.41, 5.74) is 2.37.